The molecule has 2 aromatic rings. The summed E-state index contributed by atoms with van der Waals surface area (Å²) in [5.74, 6) is -2.91. The van der Waals surface area contributed by atoms with Crippen LogP contribution >= 0.6 is 11.6 Å². The van der Waals surface area contributed by atoms with Gasteiger partial charge in [-0.1, -0.05) is 11.6 Å². The van der Waals surface area contributed by atoms with Gasteiger partial charge in [-0.25, -0.2) is 4.39 Å². The van der Waals surface area contributed by atoms with Crippen LogP contribution in [0.4, 0.5) is 23.2 Å². The minimum Gasteiger partial charge on any atom is -0.467 e. The number of ether oxygens (including phenoxy) is 2. The van der Waals surface area contributed by atoms with Crippen LogP contribution < -0.4 is 14.4 Å². The number of halogens is 5. The molecule has 2 aromatic carbocycles. The molecule has 0 fully saturated rings. The number of hydrogen-bond acceptors (Lipinski definition) is 4. The van der Waals surface area contributed by atoms with E-state index in [0.29, 0.717) is 11.8 Å². The van der Waals surface area contributed by atoms with E-state index in [4.69, 9.17) is 21.1 Å². The van der Waals surface area contributed by atoms with E-state index in [0.717, 1.165) is 0 Å². The number of Topliss-reactive ketones (excluding diaryl/α,β-unsaturated/α-hetero) is 1. The molecule has 1 unspecified atom stereocenters. The summed E-state index contributed by atoms with van der Waals surface area (Å²) in [6.45, 7) is 2.52. The van der Waals surface area contributed by atoms with Gasteiger partial charge in [0.15, 0.2) is 17.3 Å². The van der Waals surface area contributed by atoms with Crippen molar-refractivity contribution in [3.05, 3.63) is 46.7 Å². The van der Waals surface area contributed by atoms with Crippen molar-refractivity contribution < 1.29 is 36.6 Å². The molecule has 1 amide bonds. The van der Waals surface area contributed by atoms with Gasteiger partial charge in [-0.05, 0) is 38.1 Å². The Bertz CT molecular complexity index is 1000. The van der Waals surface area contributed by atoms with Gasteiger partial charge >= 0.3 is 6.18 Å². The predicted octanol–water partition coefficient (Wildman–Crippen LogP) is 4.99. The number of carbonyl (C=O) groups is 2. The monoisotopic (exact) mass is 431 g/mol. The molecule has 0 bridgehead atoms. The first-order valence-electron chi connectivity index (χ1n) is 8.21. The normalized spacial score (nSPS) is 18.9. The van der Waals surface area contributed by atoms with Crippen LogP contribution in [-0.4, -0.2) is 24.3 Å². The van der Waals surface area contributed by atoms with Crippen LogP contribution in [0.15, 0.2) is 30.3 Å². The topological polar surface area (TPSA) is 55.8 Å². The van der Waals surface area contributed by atoms with Crippen molar-refractivity contribution >= 4 is 29.0 Å². The number of carbonyl (C=O) groups excluding carboxylic acids is 2. The molecular weight excluding hydrogens is 418 g/mol. The molecule has 0 aliphatic carbocycles. The van der Waals surface area contributed by atoms with Crippen LogP contribution in [0, 0.1) is 5.82 Å². The number of fused-ring (bicyclic) bond motifs is 1. The average Bonchev–Trinajstić information content (AvgIpc) is 2.61. The van der Waals surface area contributed by atoms with Crippen LogP contribution in [0.2, 0.25) is 5.02 Å². The van der Waals surface area contributed by atoms with Crippen molar-refractivity contribution in [3.63, 3.8) is 0 Å². The minimum atomic E-state index is -4.77. The Labute approximate surface area is 167 Å². The quantitative estimate of drug-likeness (QED) is 0.507. The minimum absolute atomic E-state index is 0.0158. The summed E-state index contributed by atoms with van der Waals surface area (Å²) in [5.41, 5.74) is -2.67. The molecule has 0 N–H and O–H groups in total. The Morgan fingerprint density at radius 3 is 2.45 bits per heavy atom. The number of rotatable bonds is 3. The maximum Gasteiger partial charge on any atom is 0.416 e. The molecule has 0 saturated heterocycles. The molecule has 10 heteroatoms. The molecule has 1 heterocycles. The number of amides is 1. The van der Waals surface area contributed by atoms with Gasteiger partial charge in [0, 0.05) is 13.1 Å². The fraction of sp³-hybridized carbons (Fsp3) is 0.263. The lowest BCUT2D eigenvalue weighted by atomic mass is 9.97. The van der Waals surface area contributed by atoms with Gasteiger partial charge in [0.2, 0.25) is 5.60 Å². The van der Waals surface area contributed by atoms with E-state index in [1.807, 2.05) is 0 Å². The summed E-state index contributed by atoms with van der Waals surface area (Å²) in [6, 6.07) is 4.89. The first kappa shape index (κ1) is 20.9. The first-order chi connectivity index (χ1) is 13.3. The van der Waals surface area contributed by atoms with Gasteiger partial charge in [-0.2, -0.15) is 13.2 Å². The summed E-state index contributed by atoms with van der Waals surface area (Å²) in [7, 11) is 1.46. The number of ketones is 1. The molecule has 3 rings (SSSR count). The van der Waals surface area contributed by atoms with Crippen LogP contribution in [0.5, 0.6) is 17.2 Å². The van der Waals surface area contributed by atoms with Gasteiger partial charge < -0.3 is 14.4 Å². The molecule has 0 spiro atoms. The lowest BCUT2D eigenvalue weighted by Crippen LogP contribution is -2.57. The Kier molecular flexibility index (Phi) is 4.98. The molecule has 29 heavy (non-hydrogen) atoms. The molecule has 5 nitrogen and oxygen atoms in total. The Morgan fingerprint density at radius 2 is 1.90 bits per heavy atom. The third-order valence-corrected chi connectivity index (χ3v) is 4.82. The lowest BCUT2D eigenvalue weighted by molar-refractivity contribution is -0.145. The van der Waals surface area contributed by atoms with E-state index in [2.05, 4.69) is 0 Å². The fourth-order valence-corrected chi connectivity index (χ4v) is 3.02. The number of nitrogens with zero attached hydrogens (tertiary/aromatic N) is 1. The average molecular weight is 432 g/mol. The molecule has 1 aliphatic heterocycles. The largest absolute Gasteiger partial charge is 0.467 e. The van der Waals surface area contributed by atoms with E-state index < -0.39 is 45.6 Å². The zero-order valence-electron chi connectivity index (χ0n) is 15.4. The van der Waals surface area contributed by atoms with Gasteiger partial charge in [-0.15, -0.1) is 0 Å². The van der Waals surface area contributed by atoms with Crippen molar-refractivity contribution in [2.24, 2.45) is 0 Å². The van der Waals surface area contributed by atoms with E-state index in [9.17, 15) is 27.2 Å². The van der Waals surface area contributed by atoms with Crippen molar-refractivity contribution in [2.45, 2.75) is 25.6 Å². The number of benzene rings is 2. The summed E-state index contributed by atoms with van der Waals surface area (Å²) in [6.07, 6.45) is -4.77. The number of anilines is 1. The van der Waals surface area contributed by atoms with Crippen LogP contribution in [0.3, 0.4) is 0 Å². The molecule has 154 valence electrons. The first-order valence-corrected chi connectivity index (χ1v) is 8.58. The van der Waals surface area contributed by atoms with Gasteiger partial charge in [0.05, 0.1) is 16.3 Å². The number of likely N-dealkylation sites (N-methyl/N-ethyl adjacent to an activating group) is 1. The molecular formula is C19H14ClF4NO4. The zero-order chi connectivity index (χ0) is 21.7. The number of hydrogen-bond donors (Lipinski definition) is 0. The maximum atomic E-state index is 14.2. The molecule has 1 aliphatic rings. The standard InChI is InChI=1S/C19H14ClF4NO4/c1-9(26)18(2)17(27)25(3)14-5-4-11(8-15(14)29-18)28-16-12(20)6-10(7-13(16)21)19(22,23)24/h4-8H,1-3H3. The molecule has 0 saturated carbocycles. The van der Waals surface area contributed by atoms with Crippen molar-refractivity contribution in [3.8, 4) is 17.2 Å². The molecule has 1 atom stereocenters. The Morgan fingerprint density at radius 1 is 1.24 bits per heavy atom. The third kappa shape index (κ3) is 3.62. The SMILES string of the molecule is CC(=O)C1(C)Oc2cc(Oc3c(F)cc(C(F)(F)F)cc3Cl)ccc2N(C)C1=O. The van der Waals surface area contributed by atoms with Crippen LogP contribution in [0.25, 0.3) is 0 Å². The van der Waals surface area contributed by atoms with Gasteiger partial charge in [0.25, 0.3) is 5.91 Å². The third-order valence-electron chi connectivity index (χ3n) is 4.54. The van der Waals surface area contributed by atoms with E-state index in [-0.39, 0.29) is 17.6 Å². The zero-order valence-corrected chi connectivity index (χ0v) is 16.1. The van der Waals surface area contributed by atoms with Crippen molar-refractivity contribution in [1.82, 2.24) is 0 Å². The Balaban J connectivity index is 1.98. The number of alkyl halides is 3. The van der Waals surface area contributed by atoms with Crippen LogP contribution in [-0.2, 0) is 15.8 Å². The summed E-state index contributed by atoms with van der Waals surface area (Å²) >= 11 is 5.77. The fourth-order valence-electron chi connectivity index (χ4n) is 2.77. The van der Waals surface area contributed by atoms with E-state index in [1.165, 1.54) is 44.0 Å². The summed E-state index contributed by atoms with van der Waals surface area (Å²) < 4.78 is 63.3. The second-order valence-electron chi connectivity index (χ2n) is 6.55. The van der Waals surface area contributed by atoms with Crippen LogP contribution in [0.1, 0.15) is 19.4 Å². The highest BCUT2D eigenvalue weighted by Crippen LogP contribution is 2.43. The van der Waals surface area contributed by atoms with Gasteiger partial charge in [-0.3, -0.25) is 9.59 Å². The highest BCUT2D eigenvalue weighted by molar-refractivity contribution is 6.32. The highest BCUT2D eigenvalue weighted by atomic mass is 35.5. The summed E-state index contributed by atoms with van der Waals surface area (Å²) in [5, 5.41) is -0.572. The van der Waals surface area contributed by atoms with E-state index in [1.54, 1.807) is 0 Å². The highest BCUT2D eigenvalue weighted by Gasteiger charge is 2.47. The lowest BCUT2D eigenvalue weighted by Gasteiger charge is -2.37. The second-order valence-corrected chi connectivity index (χ2v) is 6.96. The van der Waals surface area contributed by atoms with Crippen molar-refractivity contribution in [1.29, 1.82) is 0 Å². The second kappa shape index (κ2) is 6.91. The van der Waals surface area contributed by atoms with Crippen molar-refractivity contribution in [2.75, 3.05) is 11.9 Å². The predicted molar refractivity (Wildman–Crippen MR) is 96.1 cm³/mol. The molecule has 0 radical (unpaired) electrons. The molecule has 0 aromatic heterocycles. The summed E-state index contributed by atoms with van der Waals surface area (Å²) in [4.78, 5) is 25.6. The smallest absolute Gasteiger partial charge is 0.416 e. The Hall–Kier alpha value is -2.81. The van der Waals surface area contributed by atoms with Gasteiger partial charge in [0.1, 0.15) is 11.5 Å². The van der Waals surface area contributed by atoms with E-state index >= 15 is 0 Å². The maximum absolute atomic E-state index is 14.2.